The molecule has 0 saturated carbocycles. The molecule has 0 aliphatic rings. The Hall–Kier alpha value is -1.81. The fourth-order valence-electron chi connectivity index (χ4n) is 2.02. The van der Waals surface area contributed by atoms with Gasteiger partial charge in [0.15, 0.2) is 0 Å². The summed E-state index contributed by atoms with van der Waals surface area (Å²) in [5.41, 5.74) is 1.06. The maximum Gasteiger partial charge on any atom is 0.133 e. The number of aromatic nitrogens is 2. The highest BCUT2D eigenvalue weighted by Gasteiger charge is 2.05. The van der Waals surface area contributed by atoms with Gasteiger partial charge in [-0.3, -0.25) is 0 Å². The van der Waals surface area contributed by atoms with Crippen molar-refractivity contribution < 1.29 is 0 Å². The summed E-state index contributed by atoms with van der Waals surface area (Å²) in [7, 11) is 0. The van der Waals surface area contributed by atoms with E-state index in [1.165, 1.54) is 0 Å². The third kappa shape index (κ3) is 4.60. The maximum atomic E-state index is 6.17. The van der Waals surface area contributed by atoms with Crippen LogP contribution >= 0.6 is 11.6 Å². The van der Waals surface area contributed by atoms with Crippen molar-refractivity contribution in [2.45, 2.75) is 33.2 Å². The number of halogens is 1. The first kappa shape index (κ1) is 15.6. The Kier molecular flexibility index (Phi) is 5.81. The van der Waals surface area contributed by atoms with E-state index in [0.29, 0.717) is 6.54 Å². The predicted octanol–water partition coefficient (Wildman–Crippen LogP) is 4.13. The van der Waals surface area contributed by atoms with Gasteiger partial charge in [0.05, 0.1) is 0 Å². The number of hydrogen-bond donors (Lipinski definition) is 2. The third-order valence-electron chi connectivity index (χ3n) is 3.02. The van der Waals surface area contributed by atoms with Crippen molar-refractivity contribution in [2.24, 2.45) is 0 Å². The average molecular weight is 305 g/mol. The van der Waals surface area contributed by atoms with Gasteiger partial charge in [0.1, 0.15) is 17.5 Å². The summed E-state index contributed by atoms with van der Waals surface area (Å²) in [6, 6.07) is 9.74. The topological polar surface area (TPSA) is 49.8 Å². The van der Waals surface area contributed by atoms with Crippen molar-refractivity contribution >= 4 is 23.2 Å². The van der Waals surface area contributed by atoms with Gasteiger partial charge in [-0.1, -0.05) is 36.7 Å². The third-order valence-corrected chi connectivity index (χ3v) is 3.39. The molecule has 0 spiro atoms. The molecule has 0 amide bonds. The van der Waals surface area contributed by atoms with Gasteiger partial charge < -0.3 is 10.6 Å². The van der Waals surface area contributed by atoms with Crippen LogP contribution in [0.2, 0.25) is 5.02 Å². The molecule has 0 aliphatic carbocycles. The van der Waals surface area contributed by atoms with E-state index in [4.69, 9.17) is 11.6 Å². The molecule has 1 aromatic heterocycles. The minimum absolute atomic E-state index is 0.647. The van der Waals surface area contributed by atoms with E-state index < -0.39 is 0 Å². The minimum Gasteiger partial charge on any atom is -0.370 e. The van der Waals surface area contributed by atoms with Crippen LogP contribution in [0.1, 0.15) is 31.7 Å². The van der Waals surface area contributed by atoms with Crippen LogP contribution in [0.25, 0.3) is 0 Å². The Bertz CT molecular complexity index is 562. The molecule has 0 fully saturated rings. The second kappa shape index (κ2) is 7.84. The van der Waals surface area contributed by atoms with Crippen molar-refractivity contribution in [3.8, 4) is 0 Å². The molecule has 2 rings (SSSR count). The molecule has 2 N–H and O–H groups in total. The second-order valence-corrected chi connectivity index (χ2v) is 5.19. The van der Waals surface area contributed by atoms with Gasteiger partial charge in [-0.15, -0.1) is 0 Å². The lowest BCUT2D eigenvalue weighted by atomic mass is 10.2. The molecule has 4 nitrogen and oxygen atoms in total. The largest absolute Gasteiger partial charge is 0.370 e. The molecule has 1 heterocycles. The first-order chi connectivity index (χ1) is 10.2. The fraction of sp³-hybridized carbons (Fsp3) is 0.375. The van der Waals surface area contributed by atoms with E-state index in [9.17, 15) is 0 Å². The Morgan fingerprint density at radius 3 is 2.43 bits per heavy atom. The summed E-state index contributed by atoms with van der Waals surface area (Å²) in [6.07, 6.45) is 1.90. The molecule has 0 radical (unpaired) electrons. The predicted molar refractivity (Wildman–Crippen MR) is 89.0 cm³/mol. The zero-order chi connectivity index (χ0) is 15.1. The zero-order valence-electron chi connectivity index (χ0n) is 12.5. The van der Waals surface area contributed by atoms with E-state index in [0.717, 1.165) is 47.4 Å². The van der Waals surface area contributed by atoms with Crippen molar-refractivity contribution in [1.29, 1.82) is 0 Å². The Morgan fingerprint density at radius 1 is 1.05 bits per heavy atom. The summed E-state index contributed by atoms with van der Waals surface area (Å²) in [6.45, 7) is 5.67. The standard InChI is InChI=1S/C16H21ClN4/c1-3-7-14-20-15(18-4-2)10-16(21-14)19-11-12-8-5-6-9-13(12)17/h5-6,8-10H,3-4,7,11H2,1-2H3,(H2,18,19,20,21). The quantitative estimate of drug-likeness (QED) is 0.807. The average Bonchev–Trinajstić information content (AvgIpc) is 2.47. The molecule has 0 atom stereocenters. The monoisotopic (exact) mass is 304 g/mol. The van der Waals surface area contributed by atoms with E-state index in [1.807, 2.05) is 30.3 Å². The van der Waals surface area contributed by atoms with Crippen LogP contribution in [-0.2, 0) is 13.0 Å². The highest BCUT2D eigenvalue weighted by molar-refractivity contribution is 6.31. The number of aryl methyl sites for hydroxylation is 1. The number of benzene rings is 1. The van der Waals surface area contributed by atoms with Crippen molar-refractivity contribution in [3.05, 3.63) is 46.7 Å². The van der Waals surface area contributed by atoms with Crippen LogP contribution in [0.3, 0.4) is 0 Å². The highest BCUT2D eigenvalue weighted by atomic mass is 35.5. The summed E-state index contributed by atoms with van der Waals surface area (Å²) >= 11 is 6.17. The first-order valence-electron chi connectivity index (χ1n) is 7.32. The molecule has 0 unspecified atom stereocenters. The molecular formula is C16H21ClN4. The van der Waals surface area contributed by atoms with E-state index >= 15 is 0 Å². The van der Waals surface area contributed by atoms with Crippen LogP contribution in [0.5, 0.6) is 0 Å². The van der Waals surface area contributed by atoms with Crippen LogP contribution in [0, 0.1) is 0 Å². The number of anilines is 2. The Labute approximate surface area is 131 Å². The normalized spacial score (nSPS) is 10.4. The minimum atomic E-state index is 0.647. The lowest BCUT2D eigenvalue weighted by Crippen LogP contribution is -2.08. The molecule has 112 valence electrons. The van der Waals surface area contributed by atoms with Gasteiger partial charge >= 0.3 is 0 Å². The van der Waals surface area contributed by atoms with Gasteiger partial charge in [-0.2, -0.15) is 0 Å². The van der Waals surface area contributed by atoms with Gasteiger partial charge in [0.25, 0.3) is 0 Å². The molecule has 5 heteroatoms. The van der Waals surface area contributed by atoms with Gasteiger partial charge in [0, 0.05) is 30.6 Å². The van der Waals surface area contributed by atoms with Crippen molar-refractivity contribution in [1.82, 2.24) is 9.97 Å². The molecular weight excluding hydrogens is 284 g/mol. The molecule has 1 aromatic carbocycles. The lowest BCUT2D eigenvalue weighted by molar-refractivity contribution is 0.834. The summed E-state index contributed by atoms with van der Waals surface area (Å²) in [5, 5.41) is 7.33. The molecule has 0 aliphatic heterocycles. The van der Waals surface area contributed by atoms with Crippen molar-refractivity contribution in [3.63, 3.8) is 0 Å². The number of rotatable bonds is 7. The van der Waals surface area contributed by atoms with Crippen LogP contribution in [-0.4, -0.2) is 16.5 Å². The SMILES string of the molecule is CCCc1nc(NCC)cc(NCc2ccccc2Cl)n1. The van der Waals surface area contributed by atoms with Crippen molar-refractivity contribution in [2.75, 3.05) is 17.2 Å². The van der Waals surface area contributed by atoms with E-state index in [2.05, 4.69) is 34.4 Å². The van der Waals surface area contributed by atoms with Crippen LogP contribution in [0.4, 0.5) is 11.6 Å². The summed E-state index contributed by atoms with van der Waals surface area (Å²) < 4.78 is 0. The highest BCUT2D eigenvalue weighted by Crippen LogP contribution is 2.18. The lowest BCUT2D eigenvalue weighted by Gasteiger charge is -2.11. The molecule has 2 aromatic rings. The number of nitrogens with one attached hydrogen (secondary N) is 2. The zero-order valence-corrected chi connectivity index (χ0v) is 13.2. The van der Waals surface area contributed by atoms with Gasteiger partial charge in [0.2, 0.25) is 0 Å². The van der Waals surface area contributed by atoms with Crippen LogP contribution < -0.4 is 10.6 Å². The molecule has 21 heavy (non-hydrogen) atoms. The number of hydrogen-bond acceptors (Lipinski definition) is 4. The van der Waals surface area contributed by atoms with Gasteiger partial charge in [-0.05, 0) is 25.0 Å². The van der Waals surface area contributed by atoms with Gasteiger partial charge in [-0.25, -0.2) is 9.97 Å². The van der Waals surface area contributed by atoms with E-state index in [1.54, 1.807) is 0 Å². The van der Waals surface area contributed by atoms with E-state index in [-0.39, 0.29) is 0 Å². The maximum absolute atomic E-state index is 6.17. The smallest absolute Gasteiger partial charge is 0.133 e. The first-order valence-corrected chi connectivity index (χ1v) is 7.69. The molecule has 0 saturated heterocycles. The Balaban J connectivity index is 2.13. The summed E-state index contributed by atoms with van der Waals surface area (Å²) in [4.78, 5) is 9.04. The number of nitrogens with zero attached hydrogens (tertiary/aromatic N) is 2. The fourth-order valence-corrected chi connectivity index (χ4v) is 2.22. The van der Waals surface area contributed by atoms with Crippen LogP contribution in [0.15, 0.2) is 30.3 Å². The Morgan fingerprint density at radius 2 is 1.76 bits per heavy atom. The summed E-state index contributed by atoms with van der Waals surface area (Å²) in [5.74, 6) is 2.54. The molecule has 0 bridgehead atoms. The second-order valence-electron chi connectivity index (χ2n) is 4.78.